The highest BCUT2D eigenvalue weighted by atomic mass is 16.3. The first-order valence-electron chi connectivity index (χ1n) is 13.0. The molecule has 192 valence electrons. The van der Waals surface area contributed by atoms with Crippen molar-refractivity contribution >= 4 is 29.2 Å². The Morgan fingerprint density at radius 3 is 2.92 bits per heavy atom. The molecule has 3 N–H and O–H groups in total. The van der Waals surface area contributed by atoms with E-state index in [4.69, 9.17) is 4.98 Å². The van der Waals surface area contributed by atoms with Gasteiger partial charge in [-0.1, -0.05) is 24.3 Å². The van der Waals surface area contributed by atoms with Gasteiger partial charge in [-0.2, -0.15) is 4.98 Å². The fourth-order valence-electron chi connectivity index (χ4n) is 5.77. The van der Waals surface area contributed by atoms with Crippen molar-refractivity contribution in [1.29, 1.82) is 0 Å². The molecule has 0 unspecified atom stereocenters. The Labute approximate surface area is 217 Å². The largest absolute Gasteiger partial charge is 0.395 e. The molecule has 9 nitrogen and oxygen atoms in total. The van der Waals surface area contributed by atoms with Crippen LogP contribution < -0.4 is 15.5 Å². The van der Waals surface area contributed by atoms with Crippen LogP contribution in [-0.2, 0) is 19.5 Å². The van der Waals surface area contributed by atoms with Crippen LogP contribution in [0.3, 0.4) is 0 Å². The number of fused-ring (bicyclic) bond motifs is 3. The Bertz CT molecular complexity index is 1340. The number of nitrogens with one attached hydrogen (secondary N) is 2. The third kappa shape index (κ3) is 4.38. The number of aryl methyl sites for hydroxylation is 1. The van der Waals surface area contributed by atoms with Crippen LogP contribution in [0.25, 0.3) is 0 Å². The van der Waals surface area contributed by atoms with Crippen molar-refractivity contribution in [1.82, 2.24) is 19.8 Å². The van der Waals surface area contributed by atoms with Crippen molar-refractivity contribution < 1.29 is 9.90 Å². The van der Waals surface area contributed by atoms with E-state index in [0.717, 1.165) is 55.0 Å². The molecule has 2 amide bonds. The SMILES string of the molecule is Cc1cccc2c1NCC[C@@H]2N1Cc2cnc(Nc3ccc4c(c3)CCN(C)C4)nc2N(CCO)C1=O. The zero-order valence-corrected chi connectivity index (χ0v) is 21.4. The molecule has 0 spiro atoms. The Kier molecular flexibility index (Phi) is 6.18. The van der Waals surface area contributed by atoms with Crippen molar-refractivity contribution in [2.75, 3.05) is 48.8 Å². The Morgan fingerprint density at radius 2 is 2.05 bits per heavy atom. The van der Waals surface area contributed by atoms with Crippen molar-refractivity contribution in [2.45, 2.75) is 38.9 Å². The van der Waals surface area contributed by atoms with Crippen LogP contribution >= 0.6 is 0 Å². The number of aliphatic hydroxyl groups excluding tert-OH is 1. The minimum atomic E-state index is -0.146. The summed E-state index contributed by atoms with van der Waals surface area (Å²) in [5, 5.41) is 16.6. The number of carbonyl (C=O) groups excluding carboxylic acids is 1. The summed E-state index contributed by atoms with van der Waals surface area (Å²) in [6.07, 6.45) is 3.64. The lowest BCUT2D eigenvalue weighted by Crippen LogP contribution is -2.50. The molecule has 37 heavy (non-hydrogen) atoms. The van der Waals surface area contributed by atoms with Gasteiger partial charge in [0.25, 0.3) is 0 Å². The van der Waals surface area contributed by atoms with Gasteiger partial charge in [0.2, 0.25) is 5.95 Å². The van der Waals surface area contributed by atoms with Gasteiger partial charge in [-0.25, -0.2) is 9.78 Å². The summed E-state index contributed by atoms with van der Waals surface area (Å²) in [6, 6.07) is 12.4. The van der Waals surface area contributed by atoms with Crippen LogP contribution in [0.5, 0.6) is 0 Å². The Morgan fingerprint density at radius 1 is 1.16 bits per heavy atom. The smallest absolute Gasteiger partial charge is 0.326 e. The number of urea groups is 1. The van der Waals surface area contributed by atoms with E-state index in [1.165, 1.54) is 16.7 Å². The van der Waals surface area contributed by atoms with Crippen molar-refractivity contribution in [3.8, 4) is 0 Å². The number of rotatable bonds is 5. The summed E-state index contributed by atoms with van der Waals surface area (Å²) in [6.45, 7) is 5.35. The summed E-state index contributed by atoms with van der Waals surface area (Å²) in [5.74, 6) is 1.00. The van der Waals surface area contributed by atoms with Crippen molar-refractivity contribution in [3.63, 3.8) is 0 Å². The number of anilines is 4. The minimum absolute atomic E-state index is 0.0506. The molecule has 0 saturated carbocycles. The summed E-state index contributed by atoms with van der Waals surface area (Å²) < 4.78 is 0. The maximum Gasteiger partial charge on any atom is 0.326 e. The topological polar surface area (TPSA) is 96.9 Å². The molecule has 0 saturated heterocycles. The van der Waals surface area contributed by atoms with Crippen LogP contribution in [0, 0.1) is 6.92 Å². The number of hydrogen-bond acceptors (Lipinski definition) is 7. The number of nitrogens with zero attached hydrogens (tertiary/aromatic N) is 5. The van der Waals surface area contributed by atoms with Gasteiger partial charge in [-0.05, 0) is 61.2 Å². The first kappa shape index (κ1) is 23.7. The fraction of sp³-hybridized carbons (Fsp3) is 0.393. The van der Waals surface area contributed by atoms with Gasteiger partial charge >= 0.3 is 6.03 Å². The molecule has 6 rings (SSSR count). The second-order valence-electron chi connectivity index (χ2n) is 10.2. The molecule has 1 atom stereocenters. The van der Waals surface area contributed by atoms with Gasteiger partial charge in [-0.3, -0.25) is 4.90 Å². The first-order chi connectivity index (χ1) is 18.0. The average molecular weight is 500 g/mol. The molecule has 3 aliphatic rings. The van der Waals surface area contributed by atoms with E-state index in [-0.39, 0.29) is 25.2 Å². The highest BCUT2D eigenvalue weighted by Crippen LogP contribution is 2.40. The van der Waals surface area contributed by atoms with Crippen LogP contribution in [0.4, 0.5) is 27.9 Å². The lowest BCUT2D eigenvalue weighted by Gasteiger charge is -2.42. The highest BCUT2D eigenvalue weighted by molar-refractivity contribution is 5.94. The predicted octanol–water partition coefficient (Wildman–Crippen LogP) is 3.81. The van der Waals surface area contributed by atoms with E-state index in [2.05, 4.69) is 64.8 Å². The molecule has 1 aromatic heterocycles. The monoisotopic (exact) mass is 499 g/mol. The number of aliphatic hydroxyl groups is 1. The quantitative estimate of drug-likeness (QED) is 0.491. The molecule has 9 heteroatoms. The molecular weight excluding hydrogens is 466 g/mol. The van der Waals surface area contributed by atoms with Crippen LogP contribution in [-0.4, -0.2) is 64.2 Å². The van der Waals surface area contributed by atoms with Gasteiger partial charge < -0.3 is 25.5 Å². The second-order valence-corrected chi connectivity index (χ2v) is 10.2. The standard InChI is InChI=1S/C28H33N7O2/c1-18-4-3-5-23-24(8-10-29-25(18)23)35-17-21-15-30-27(32-26(21)34(12-13-36)28(35)37)31-22-7-6-20-16-33(2)11-9-19(20)14-22/h3-7,14-15,24,29,36H,8-13,16-17H2,1-2H3,(H,30,31,32)/t24-/m0/s1. The minimum Gasteiger partial charge on any atom is -0.395 e. The number of likely N-dealkylation sites (N-methyl/N-ethyl adjacent to an activating group) is 1. The molecule has 0 fully saturated rings. The molecule has 3 aliphatic heterocycles. The van der Waals surface area contributed by atoms with Crippen LogP contribution in [0.15, 0.2) is 42.6 Å². The average Bonchev–Trinajstić information content (AvgIpc) is 2.90. The molecule has 4 heterocycles. The number of para-hydroxylation sites is 1. The lowest BCUT2D eigenvalue weighted by molar-refractivity contribution is 0.166. The van der Waals surface area contributed by atoms with Gasteiger partial charge in [0.15, 0.2) is 0 Å². The van der Waals surface area contributed by atoms with Crippen LogP contribution in [0.2, 0.25) is 0 Å². The zero-order chi connectivity index (χ0) is 25.5. The maximum atomic E-state index is 13.8. The number of amides is 2. The third-order valence-electron chi connectivity index (χ3n) is 7.66. The number of carbonyl (C=O) groups is 1. The van der Waals surface area contributed by atoms with Gasteiger partial charge in [-0.15, -0.1) is 0 Å². The summed E-state index contributed by atoms with van der Waals surface area (Å²) >= 11 is 0. The number of β-amino-alcohol motifs (C(OH)–C–C–N with tert-alkyl or cyclic N) is 1. The van der Waals surface area contributed by atoms with Crippen LogP contribution in [0.1, 0.15) is 40.3 Å². The molecule has 0 aliphatic carbocycles. The van der Waals surface area contributed by atoms with E-state index in [0.29, 0.717) is 18.3 Å². The predicted molar refractivity (Wildman–Crippen MR) is 144 cm³/mol. The number of hydrogen-bond donors (Lipinski definition) is 3. The van der Waals surface area contributed by atoms with E-state index >= 15 is 0 Å². The zero-order valence-electron chi connectivity index (χ0n) is 21.4. The van der Waals surface area contributed by atoms with Crippen molar-refractivity contribution in [3.05, 3.63) is 70.4 Å². The summed E-state index contributed by atoms with van der Waals surface area (Å²) in [4.78, 5) is 28.9. The molecular formula is C28H33N7O2. The van der Waals surface area contributed by atoms with Gasteiger partial charge in [0.05, 0.1) is 25.7 Å². The number of aromatic nitrogens is 2. The first-order valence-corrected chi connectivity index (χ1v) is 13.0. The van der Waals surface area contributed by atoms with E-state index in [9.17, 15) is 9.90 Å². The van der Waals surface area contributed by atoms with Gasteiger partial charge in [0, 0.05) is 42.8 Å². The van der Waals surface area contributed by atoms with E-state index in [1.807, 2.05) is 11.0 Å². The number of benzene rings is 2. The van der Waals surface area contributed by atoms with E-state index < -0.39 is 0 Å². The normalized spacial score (nSPS) is 19.1. The summed E-state index contributed by atoms with van der Waals surface area (Å²) in [5.41, 5.74) is 7.91. The Balaban J connectivity index is 1.29. The molecule has 0 bridgehead atoms. The lowest BCUT2D eigenvalue weighted by atomic mass is 9.93. The van der Waals surface area contributed by atoms with Crippen molar-refractivity contribution in [2.24, 2.45) is 0 Å². The van der Waals surface area contributed by atoms with E-state index in [1.54, 1.807) is 11.1 Å². The molecule has 0 radical (unpaired) electrons. The summed E-state index contributed by atoms with van der Waals surface area (Å²) in [7, 11) is 2.14. The molecule has 2 aromatic carbocycles. The molecule has 3 aromatic rings. The third-order valence-corrected chi connectivity index (χ3v) is 7.66. The fourth-order valence-corrected chi connectivity index (χ4v) is 5.77. The highest BCUT2D eigenvalue weighted by Gasteiger charge is 2.38. The maximum absolute atomic E-state index is 13.8. The Hall–Kier alpha value is -3.69. The second kappa shape index (κ2) is 9.64. The van der Waals surface area contributed by atoms with Gasteiger partial charge in [0.1, 0.15) is 5.82 Å².